The normalized spacial score (nSPS) is 12.5. The van der Waals surface area contributed by atoms with E-state index in [4.69, 9.17) is 18.7 Å². The second-order valence-electron chi connectivity index (χ2n) is 13.8. The van der Waals surface area contributed by atoms with Gasteiger partial charge in [0.15, 0.2) is 11.5 Å². The molecule has 0 aliphatic rings. The van der Waals surface area contributed by atoms with Crippen LogP contribution in [0.3, 0.4) is 0 Å². The Hall–Kier alpha value is -6.50. The molecule has 62 heavy (non-hydrogen) atoms. The van der Waals surface area contributed by atoms with Gasteiger partial charge in [0.05, 0.1) is 16.9 Å². The molecule has 9 aromatic rings. The standard InChI is InChI=1S/C40H28N6O12S4/c1-23-3-10-28(11-4-23)61(51,52)55-37-22-36(46-42-34-18-8-26-20-30(60(48,49)50)14-16-32(26)40(34)44-46)38(56-62(53,54)29-12-5-24(2)6-13-29)21-35(37)45-41-33-17-7-25-19-27(59-58-57-47)9-15-31(25)39(33)43-45/h3-22,47H,1-2H3,(H,48,49,50). The molecule has 2 heterocycles. The molecule has 0 amide bonds. The summed E-state index contributed by atoms with van der Waals surface area (Å²) in [5.74, 6) is -0.771. The molecule has 18 nitrogen and oxygen atoms in total. The van der Waals surface area contributed by atoms with Crippen LogP contribution in [0, 0.1) is 13.8 Å². The van der Waals surface area contributed by atoms with E-state index in [0.29, 0.717) is 37.5 Å². The van der Waals surface area contributed by atoms with E-state index in [1.807, 2.05) is 0 Å². The average molecular weight is 913 g/mol. The summed E-state index contributed by atoms with van der Waals surface area (Å²) in [6.07, 6.45) is 0. The topological polar surface area (TPSA) is 241 Å². The van der Waals surface area contributed by atoms with Crippen LogP contribution in [0.2, 0.25) is 0 Å². The van der Waals surface area contributed by atoms with Crippen molar-refractivity contribution in [2.45, 2.75) is 33.4 Å². The molecule has 314 valence electrons. The Labute approximate surface area is 355 Å². The number of hydrogen-bond donors (Lipinski definition) is 2. The maximum absolute atomic E-state index is 14.0. The zero-order chi connectivity index (χ0) is 43.6. The van der Waals surface area contributed by atoms with Crippen molar-refractivity contribution in [2.75, 3.05) is 0 Å². The van der Waals surface area contributed by atoms with Gasteiger partial charge in [-0.1, -0.05) is 64.7 Å². The molecule has 0 aliphatic heterocycles. The number of benzene rings is 7. The third-order valence-corrected chi connectivity index (χ3v) is 13.5. The first-order valence-corrected chi connectivity index (χ1v) is 23.0. The second-order valence-corrected chi connectivity index (χ2v) is 19.1. The summed E-state index contributed by atoms with van der Waals surface area (Å²) >= 11 is 0.763. The Morgan fingerprint density at radius 2 is 0.984 bits per heavy atom. The first kappa shape index (κ1) is 40.9. The number of aromatic nitrogens is 6. The molecule has 7 aromatic carbocycles. The van der Waals surface area contributed by atoms with Gasteiger partial charge in [-0.3, -0.25) is 4.55 Å². The first-order chi connectivity index (χ1) is 29.6. The Kier molecular flexibility index (Phi) is 10.2. The van der Waals surface area contributed by atoms with E-state index in [1.54, 1.807) is 74.5 Å². The fourth-order valence-electron chi connectivity index (χ4n) is 6.58. The molecule has 0 radical (unpaired) electrons. The summed E-state index contributed by atoms with van der Waals surface area (Å²) in [5.41, 5.74) is 2.46. The molecule has 0 spiro atoms. The van der Waals surface area contributed by atoms with Crippen molar-refractivity contribution in [1.82, 2.24) is 30.0 Å². The van der Waals surface area contributed by atoms with E-state index in [-0.39, 0.29) is 42.8 Å². The van der Waals surface area contributed by atoms with Crippen LogP contribution < -0.4 is 8.37 Å². The minimum Gasteiger partial charge on any atom is -0.376 e. The highest BCUT2D eigenvalue weighted by Crippen LogP contribution is 2.38. The summed E-state index contributed by atoms with van der Waals surface area (Å²) in [6, 6.07) is 29.8. The third-order valence-electron chi connectivity index (χ3n) is 9.63. The molecule has 22 heteroatoms. The Bertz CT molecular complexity index is 3600. The van der Waals surface area contributed by atoms with Gasteiger partial charge < -0.3 is 8.37 Å². The summed E-state index contributed by atoms with van der Waals surface area (Å²) in [6.45, 7) is 3.58. The van der Waals surface area contributed by atoms with Gasteiger partial charge >= 0.3 is 20.2 Å². The number of hydrogen-bond acceptors (Lipinski definition) is 16. The number of rotatable bonds is 12. The smallest absolute Gasteiger partial charge is 0.339 e. The maximum atomic E-state index is 14.0. The van der Waals surface area contributed by atoms with Crippen molar-refractivity contribution < 1.29 is 52.8 Å². The lowest BCUT2D eigenvalue weighted by Crippen LogP contribution is -2.16. The number of aryl methyl sites for hydroxylation is 2. The van der Waals surface area contributed by atoms with Gasteiger partial charge in [0.1, 0.15) is 43.2 Å². The quantitative estimate of drug-likeness (QED) is 0.0402. The van der Waals surface area contributed by atoms with E-state index in [9.17, 15) is 29.8 Å². The van der Waals surface area contributed by atoms with Gasteiger partial charge in [0, 0.05) is 27.8 Å². The summed E-state index contributed by atoms with van der Waals surface area (Å²) in [7, 11) is -13.7. The minimum atomic E-state index is -4.60. The van der Waals surface area contributed by atoms with Crippen molar-refractivity contribution in [1.29, 1.82) is 0 Å². The molecular weight excluding hydrogens is 885 g/mol. The van der Waals surface area contributed by atoms with E-state index in [2.05, 4.69) is 24.7 Å². The third kappa shape index (κ3) is 7.80. The van der Waals surface area contributed by atoms with E-state index < -0.39 is 36.1 Å². The van der Waals surface area contributed by atoms with E-state index >= 15 is 0 Å². The molecule has 0 aliphatic carbocycles. The first-order valence-electron chi connectivity index (χ1n) is 18.0. The predicted octanol–water partition coefficient (Wildman–Crippen LogP) is 7.29. The lowest BCUT2D eigenvalue weighted by Gasteiger charge is -2.16. The number of nitrogens with zero attached hydrogens (tertiary/aromatic N) is 6. The summed E-state index contributed by atoms with van der Waals surface area (Å²) < 4.78 is 106. The van der Waals surface area contributed by atoms with Gasteiger partial charge in [0.25, 0.3) is 10.1 Å². The van der Waals surface area contributed by atoms with E-state index in [0.717, 1.165) is 32.8 Å². The van der Waals surface area contributed by atoms with Crippen molar-refractivity contribution >= 4 is 86.0 Å². The highest BCUT2D eigenvalue weighted by molar-refractivity contribution is 7.94. The molecule has 0 unspecified atom stereocenters. The van der Waals surface area contributed by atoms with Crippen LogP contribution in [-0.4, -0.2) is 65.1 Å². The van der Waals surface area contributed by atoms with Crippen molar-refractivity contribution in [2.24, 2.45) is 0 Å². The van der Waals surface area contributed by atoms with Crippen LogP contribution in [0.15, 0.2) is 141 Å². The van der Waals surface area contributed by atoms with Crippen molar-refractivity contribution in [3.8, 4) is 22.9 Å². The highest BCUT2D eigenvalue weighted by Gasteiger charge is 2.28. The Morgan fingerprint density at radius 3 is 1.45 bits per heavy atom. The minimum absolute atomic E-state index is 0.163. The molecule has 0 fully saturated rings. The van der Waals surface area contributed by atoms with Crippen LogP contribution in [0.4, 0.5) is 0 Å². The van der Waals surface area contributed by atoms with Gasteiger partial charge in [-0.05, 0) is 85.3 Å². The highest BCUT2D eigenvalue weighted by atomic mass is 32.2. The Morgan fingerprint density at radius 1 is 0.532 bits per heavy atom. The van der Waals surface area contributed by atoms with Gasteiger partial charge in [0.2, 0.25) is 0 Å². The average Bonchev–Trinajstić information content (AvgIpc) is 3.88. The van der Waals surface area contributed by atoms with Gasteiger partial charge in [-0.2, -0.15) is 25.3 Å². The monoisotopic (exact) mass is 912 g/mol. The fraction of sp³-hybridized carbons (Fsp3) is 0.0500. The SMILES string of the molecule is Cc1ccc(S(=O)(=O)Oc2cc(-n3nc4ccc5cc(S(=O)(=O)O)ccc5c4n3)c(OS(=O)(=O)c3ccc(C)cc3)cc2-n2nc3ccc4cc(SOOO)ccc4c3n2)cc1. The largest absolute Gasteiger partial charge is 0.376 e. The molecule has 0 atom stereocenters. The van der Waals surface area contributed by atoms with Gasteiger partial charge in [-0.15, -0.1) is 34.3 Å². The molecular formula is C40H28N6O12S4. The lowest BCUT2D eigenvalue weighted by atomic mass is 10.1. The van der Waals surface area contributed by atoms with Crippen molar-refractivity contribution in [3.63, 3.8) is 0 Å². The van der Waals surface area contributed by atoms with Crippen molar-refractivity contribution in [3.05, 3.63) is 132 Å². The number of fused-ring (bicyclic) bond motifs is 6. The van der Waals surface area contributed by atoms with Crippen LogP contribution in [0.5, 0.6) is 11.5 Å². The summed E-state index contributed by atoms with van der Waals surface area (Å²) in [4.78, 5) is 1.96. The molecule has 0 saturated heterocycles. The molecule has 0 bridgehead atoms. The van der Waals surface area contributed by atoms with Crippen LogP contribution in [-0.2, 0) is 39.7 Å². The summed E-state index contributed by atoms with van der Waals surface area (Å²) in [5, 5.41) is 33.0. The maximum Gasteiger partial charge on any atom is 0.339 e. The van der Waals surface area contributed by atoms with Gasteiger partial charge in [-0.25, -0.2) is 5.26 Å². The fourth-order valence-corrected chi connectivity index (χ4v) is 9.37. The van der Waals surface area contributed by atoms with E-state index in [1.165, 1.54) is 60.7 Å². The van der Waals surface area contributed by atoms with Crippen LogP contribution in [0.1, 0.15) is 11.1 Å². The van der Waals surface area contributed by atoms with Crippen LogP contribution >= 0.6 is 12.0 Å². The molecule has 2 aromatic heterocycles. The Balaban J connectivity index is 1.28. The van der Waals surface area contributed by atoms with Crippen LogP contribution in [0.25, 0.3) is 55.0 Å². The molecule has 0 saturated carbocycles. The molecule has 2 N–H and O–H groups in total. The lowest BCUT2D eigenvalue weighted by molar-refractivity contribution is -0.432. The zero-order valence-electron chi connectivity index (χ0n) is 31.8. The predicted molar refractivity (Wildman–Crippen MR) is 225 cm³/mol. The second kappa shape index (κ2) is 15.4. The zero-order valence-corrected chi connectivity index (χ0v) is 35.1. The molecule has 9 rings (SSSR count).